The van der Waals surface area contributed by atoms with Crippen LogP contribution in [0.25, 0.3) is 0 Å². The van der Waals surface area contributed by atoms with Crippen LogP contribution in [0.5, 0.6) is 0 Å². The summed E-state index contributed by atoms with van der Waals surface area (Å²) in [5.74, 6) is -0.109. The van der Waals surface area contributed by atoms with Gasteiger partial charge in [0.1, 0.15) is 12.2 Å². The SMILES string of the molecule is COC[C@@H](F)CN(CCCCCN)CC[C@H](N)C(=O)OCC(C)C. The van der Waals surface area contributed by atoms with Gasteiger partial charge in [-0.1, -0.05) is 20.3 Å². The molecule has 0 aliphatic carbocycles. The molecule has 24 heavy (non-hydrogen) atoms. The van der Waals surface area contributed by atoms with Crippen molar-refractivity contribution in [3.8, 4) is 0 Å². The summed E-state index contributed by atoms with van der Waals surface area (Å²) in [6, 6.07) is -0.671. The Labute approximate surface area is 146 Å². The van der Waals surface area contributed by atoms with E-state index >= 15 is 0 Å². The average Bonchev–Trinajstić information content (AvgIpc) is 2.53. The summed E-state index contributed by atoms with van der Waals surface area (Å²) in [6.07, 6.45) is 2.33. The normalized spacial score (nSPS) is 14.2. The van der Waals surface area contributed by atoms with E-state index in [1.54, 1.807) is 0 Å². The summed E-state index contributed by atoms with van der Waals surface area (Å²) in [7, 11) is 1.48. The van der Waals surface area contributed by atoms with Gasteiger partial charge in [0, 0.05) is 20.2 Å². The summed E-state index contributed by atoms with van der Waals surface area (Å²) >= 11 is 0. The monoisotopic (exact) mass is 349 g/mol. The topological polar surface area (TPSA) is 90.8 Å². The lowest BCUT2D eigenvalue weighted by atomic mass is 10.1. The van der Waals surface area contributed by atoms with Gasteiger partial charge in [0.25, 0.3) is 0 Å². The highest BCUT2D eigenvalue weighted by Gasteiger charge is 2.19. The van der Waals surface area contributed by atoms with Gasteiger partial charge < -0.3 is 25.8 Å². The van der Waals surface area contributed by atoms with Crippen molar-refractivity contribution in [2.75, 3.05) is 46.5 Å². The minimum Gasteiger partial charge on any atom is -0.464 e. The molecule has 0 aromatic heterocycles. The molecule has 0 radical (unpaired) electrons. The maximum absolute atomic E-state index is 13.8. The zero-order valence-corrected chi connectivity index (χ0v) is 15.5. The molecule has 0 aliphatic heterocycles. The summed E-state index contributed by atoms with van der Waals surface area (Å²) in [5, 5.41) is 0. The molecule has 0 saturated heterocycles. The number of esters is 1. The molecule has 4 N–H and O–H groups in total. The summed E-state index contributed by atoms with van der Waals surface area (Å²) in [6.45, 7) is 6.66. The van der Waals surface area contributed by atoms with Crippen LogP contribution in [0.2, 0.25) is 0 Å². The molecule has 0 saturated carbocycles. The van der Waals surface area contributed by atoms with Gasteiger partial charge in [-0.05, 0) is 38.3 Å². The summed E-state index contributed by atoms with van der Waals surface area (Å²) in [5.41, 5.74) is 11.4. The van der Waals surface area contributed by atoms with Crippen molar-refractivity contribution < 1.29 is 18.7 Å². The molecule has 0 unspecified atom stereocenters. The highest BCUT2D eigenvalue weighted by molar-refractivity contribution is 5.75. The first-order valence-corrected chi connectivity index (χ1v) is 8.88. The van der Waals surface area contributed by atoms with E-state index in [9.17, 15) is 9.18 Å². The van der Waals surface area contributed by atoms with Gasteiger partial charge in [0.05, 0.1) is 13.2 Å². The summed E-state index contributed by atoms with van der Waals surface area (Å²) in [4.78, 5) is 13.8. The van der Waals surface area contributed by atoms with Crippen molar-refractivity contribution in [3.63, 3.8) is 0 Å². The molecule has 0 amide bonds. The molecule has 0 aromatic carbocycles. The fourth-order valence-electron chi connectivity index (χ4n) is 2.26. The van der Waals surface area contributed by atoms with Gasteiger partial charge in [0.2, 0.25) is 0 Å². The van der Waals surface area contributed by atoms with Crippen LogP contribution in [-0.4, -0.2) is 69.6 Å². The molecule has 0 fully saturated rings. The van der Waals surface area contributed by atoms with E-state index in [-0.39, 0.29) is 25.0 Å². The molecule has 0 rings (SSSR count). The maximum Gasteiger partial charge on any atom is 0.322 e. The number of unbranched alkanes of at least 4 members (excludes halogenated alkanes) is 2. The highest BCUT2D eigenvalue weighted by atomic mass is 19.1. The lowest BCUT2D eigenvalue weighted by molar-refractivity contribution is -0.146. The number of ether oxygens (including phenoxy) is 2. The zero-order valence-electron chi connectivity index (χ0n) is 15.5. The number of halogens is 1. The first kappa shape index (κ1) is 23.2. The Bertz CT molecular complexity index is 319. The minimum absolute atomic E-state index is 0.0712. The Morgan fingerprint density at radius 1 is 1.17 bits per heavy atom. The van der Waals surface area contributed by atoms with Crippen molar-refractivity contribution in [1.29, 1.82) is 0 Å². The predicted octanol–water partition coefficient (Wildman–Crippen LogP) is 1.32. The number of carbonyl (C=O) groups is 1. The van der Waals surface area contributed by atoms with Crippen LogP contribution in [0.3, 0.4) is 0 Å². The van der Waals surface area contributed by atoms with Gasteiger partial charge in [-0.2, -0.15) is 0 Å². The van der Waals surface area contributed by atoms with E-state index in [2.05, 4.69) is 0 Å². The van der Waals surface area contributed by atoms with Crippen LogP contribution >= 0.6 is 0 Å². The van der Waals surface area contributed by atoms with Crippen molar-refractivity contribution in [2.24, 2.45) is 17.4 Å². The van der Waals surface area contributed by atoms with E-state index in [0.717, 1.165) is 25.8 Å². The molecule has 6 nitrogen and oxygen atoms in total. The molecule has 0 bridgehead atoms. The number of rotatable bonds is 15. The number of nitrogens with zero attached hydrogens (tertiary/aromatic N) is 1. The maximum atomic E-state index is 13.8. The average molecular weight is 349 g/mol. The third kappa shape index (κ3) is 12.6. The van der Waals surface area contributed by atoms with Gasteiger partial charge in [-0.3, -0.25) is 4.79 Å². The molecular weight excluding hydrogens is 313 g/mol. The second-order valence-electron chi connectivity index (χ2n) is 6.62. The van der Waals surface area contributed by atoms with E-state index in [1.807, 2.05) is 18.7 Å². The highest BCUT2D eigenvalue weighted by Crippen LogP contribution is 2.06. The number of carbonyl (C=O) groups excluding carboxylic acids is 1. The van der Waals surface area contributed by atoms with E-state index < -0.39 is 12.2 Å². The lowest BCUT2D eigenvalue weighted by Gasteiger charge is -2.25. The first-order valence-electron chi connectivity index (χ1n) is 8.88. The molecule has 7 heteroatoms. The van der Waals surface area contributed by atoms with Gasteiger partial charge in [-0.25, -0.2) is 4.39 Å². The quantitative estimate of drug-likeness (QED) is 0.342. The number of hydrogen-bond donors (Lipinski definition) is 2. The van der Waals surface area contributed by atoms with Crippen molar-refractivity contribution in [3.05, 3.63) is 0 Å². The predicted molar refractivity (Wildman–Crippen MR) is 94.5 cm³/mol. The van der Waals surface area contributed by atoms with E-state index in [0.29, 0.717) is 26.1 Å². The number of hydrogen-bond acceptors (Lipinski definition) is 6. The zero-order chi connectivity index (χ0) is 18.4. The van der Waals surface area contributed by atoms with Gasteiger partial charge >= 0.3 is 5.97 Å². The molecule has 0 heterocycles. The fraction of sp³-hybridized carbons (Fsp3) is 0.941. The largest absolute Gasteiger partial charge is 0.464 e. The van der Waals surface area contributed by atoms with Crippen LogP contribution in [0.4, 0.5) is 4.39 Å². The third-order valence-electron chi connectivity index (χ3n) is 3.60. The van der Waals surface area contributed by atoms with Crippen LogP contribution in [0.1, 0.15) is 39.5 Å². The van der Waals surface area contributed by atoms with Crippen LogP contribution in [0.15, 0.2) is 0 Å². The second-order valence-corrected chi connectivity index (χ2v) is 6.62. The summed E-state index contributed by atoms with van der Waals surface area (Å²) < 4.78 is 23.8. The molecule has 2 atom stereocenters. The fourth-order valence-corrected chi connectivity index (χ4v) is 2.26. The number of methoxy groups -OCH3 is 1. The van der Waals surface area contributed by atoms with Crippen molar-refractivity contribution in [2.45, 2.75) is 51.7 Å². The first-order chi connectivity index (χ1) is 11.4. The lowest BCUT2D eigenvalue weighted by Crippen LogP contribution is -2.40. The van der Waals surface area contributed by atoms with Gasteiger partial charge in [0.15, 0.2) is 0 Å². The van der Waals surface area contributed by atoms with Crippen LogP contribution < -0.4 is 11.5 Å². The third-order valence-corrected chi connectivity index (χ3v) is 3.60. The number of nitrogens with two attached hydrogens (primary N) is 2. The Balaban J connectivity index is 4.27. The molecule has 144 valence electrons. The second kappa shape index (κ2) is 14.6. The van der Waals surface area contributed by atoms with Crippen molar-refractivity contribution >= 4 is 5.97 Å². The number of alkyl halides is 1. The molecular formula is C17H36FN3O3. The van der Waals surface area contributed by atoms with Crippen molar-refractivity contribution in [1.82, 2.24) is 4.90 Å². The minimum atomic E-state index is -1.05. The molecule has 0 aromatic rings. The molecule has 0 spiro atoms. The van der Waals surface area contributed by atoms with Crippen LogP contribution in [-0.2, 0) is 14.3 Å². The Morgan fingerprint density at radius 2 is 1.88 bits per heavy atom. The Morgan fingerprint density at radius 3 is 2.46 bits per heavy atom. The Kier molecular flexibility index (Phi) is 14.1. The van der Waals surface area contributed by atoms with Crippen LogP contribution in [0, 0.1) is 5.92 Å². The van der Waals surface area contributed by atoms with E-state index in [1.165, 1.54) is 7.11 Å². The standard InChI is InChI=1S/C17H36FN3O3/c1-14(2)12-24-17(22)16(20)7-10-21(9-6-4-5-8-19)11-15(18)13-23-3/h14-16H,4-13,19-20H2,1-3H3/t15-,16-/m0/s1. The smallest absolute Gasteiger partial charge is 0.322 e. The molecule has 0 aliphatic rings. The van der Waals surface area contributed by atoms with Gasteiger partial charge in [-0.15, -0.1) is 0 Å². The Hall–Kier alpha value is -0.760. The van der Waals surface area contributed by atoms with E-state index in [4.69, 9.17) is 20.9 Å².